The van der Waals surface area contributed by atoms with Crippen LogP contribution in [0.5, 0.6) is 0 Å². The zero-order chi connectivity index (χ0) is 14.3. The Morgan fingerprint density at radius 2 is 2.11 bits per heavy atom. The molecular formula is C13H21NO4S. The van der Waals surface area contributed by atoms with Gasteiger partial charge in [-0.3, -0.25) is 14.5 Å². The number of Topliss-reactive ketones (excluding diaryl/α,β-unsaturated/α-hetero) is 1. The lowest BCUT2D eigenvalue weighted by Gasteiger charge is -2.14. The summed E-state index contributed by atoms with van der Waals surface area (Å²) in [7, 11) is 0. The minimum Gasteiger partial charge on any atom is -0.396 e. The van der Waals surface area contributed by atoms with Crippen LogP contribution < -0.4 is 0 Å². The van der Waals surface area contributed by atoms with Crippen LogP contribution in [-0.2, 0) is 14.4 Å². The van der Waals surface area contributed by atoms with Gasteiger partial charge in [-0.1, -0.05) is 6.42 Å². The van der Waals surface area contributed by atoms with Gasteiger partial charge in [0.2, 0.25) is 11.8 Å². The molecule has 1 aliphatic rings. The Bertz CT molecular complexity index is 346. The number of aliphatic hydroxyl groups excluding tert-OH is 1. The molecule has 1 atom stereocenters. The molecule has 1 fully saturated rings. The first kappa shape index (κ1) is 16.2. The molecule has 5 nitrogen and oxygen atoms in total. The van der Waals surface area contributed by atoms with Crippen molar-refractivity contribution in [3.05, 3.63) is 0 Å². The summed E-state index contributed by atoms with van der Waals surface area (Å²) in [5.74, 6) is 0.409. The minimum absolute atomic E-state index is 0.0215. The Balaban J connectivity index is 2.27. The summed E-state index contributed by atoms with van der Waals surface area (Å²) in [6.07, 6.45) is 3.23. The Morgan fingerprint density at radius 3 is 2.74 bits per heavy atom. The average molecular weight is 287 g/mol. The lowest BCUT2D eigenvalue weighted by Crippen LogP contribution is -2.32. The zero-order valence-corrected chi connectivity index (χ0v) is 12.1. The van der Waals surface area contributed by atoms with Crippen LogP contribution in [0.2, 0.25) is 0 Å². The topological polar surface area (TPSA) is 74.7 Å². The number of rotatable bonds is 9. The van der Waals surface area contributed by atoms with E-state index >= 15 is 0 Å². The highest BCUT2D eigenvalue weighted by molar-refractivity contribution is 8.00. The zero-order valence-electron chi connectivity index (χ0n) is 11.3. The Kier molecular flexibility index (Phi) is 7.09. The number of hydrogen-bond acceptors (Lipinski definition) is 5. The van der Waals surface area contributed by atoms with Crippen molar-refractivity contribution in [1.82, 2.24) is 4.90 Å². The molecule has 0 spiro atoms. The van der Waals surface area contributed by atoms with E-state index in [9.17, 15) is 14.4 Å². The molecule has 108 valence electrons. The lowest BCUT2D eigenvalue weighted by atomic mass is 10.1. The molecule has 6 heteroatoms. The van der Waals surface area contributed by atoms with Crippen LogP contribution in [0.3, 0.4) is 0 Å². The fourth-order valence-electron chi connectivity index (χ4n) is 2.03. The van der Waals surface area contributed by atoms with Gasteiger partial charge in [0.05, 0.1) is 11.9 Å². The molecule has 1 aliphatic heterocycles. The molecule has 1 N–H and O–H groups in total. The summed E-state index contributed by atoms with van der Waals surface area (Å²) >= 11 is 1.34. The van der Waals surface area contributed by atoms with Crippen molar-refractivity contribution < 1.29 is 19.5 Å². The van der Waals surface area contributed by atoms with Gasteiger partial charge in [0.15, 0.2) is 0 Å². The van der Waals surface area contributed by atoms with Gasteiger partial charge in [0, 0.05) is 25.1 Å². The highest BCUT2D eigenvalue weighted by Gasteiger charge is 2.37. The summed E-state index contributed by atoms with van der Waals surface area (Å²) in [5.41, 5.74) is 0. The van der Waals surface area contributed by atoms with E-state index in [-0.39, 0.29) is 35.9 Å². The number of likely N-dealkylation sites (tertiary alicyclic amines) is 1. The van der Waals surface area contributed by atoms with Crippen molar-refractivity contribution >= 4 is 29.4 Å². The Labute approximate surface area is 117 Å². The van der Waals surface area contributed by atoms with Gasteiger partial charge >= 0.3 is 0 Å². The third-order valence-electron chi connectivity index (χ3n) is 3.02. The SMILES string of the molecule is CC(=O)CCCCCN1C(=O)CC(SCCO)C1=O. The molecule has 0 aromatic heterocycles. The van der Waals surface area contributed by atoms with Crippen molar-refractivity contribution in [2.45, 2.75) is 44.3 Å². The van der Waals surface area contributed by atoms with Gasteiger partial charge in [-0.05, 0) is 19.8 Å². The molecule has 0 aliphatic carbocycles. The number of carbonyl (C=O) groups excluding carboxylic acids is 3. The predicted molar refractivity (Wildman–Crippen MR) is 73.8 cm³/mol. The van der Waals surface area contributed by atoms with Gasteiger partial charge in [-0.2, -0.15) is 0 Å². The number of thioether (sulfide) groups is 1. The highest BCUT2D eigenvalue weighted by atomic mass is 32.2. The van der Waals surface area contributed by atoms with Gasteiger partial charge in [0.25, 0.3) is 0 Å². The van der Waals surface area contributed by atoms with Gasteiger partial charge in [-0.15, -0.1) is 11.8 Å². The van der Waals surface area contributed by atoms with E-state index in [4.69, 9.17) is 5.11 Å². The van der Waals surface area contributed by atoms with Crippen molar-refractivity contribution in [3.8, 4) is 0 Å². The molecule has 0 aromatic carbocycles. The van der Waals surface area contributed by atoms with Gasteiger partial charge in [0.1, 0.15) is 5.78 Å². The largest absolute Gasteiger partial charge is 0.396 e. The second-order valence-electron chi connectivity index (χ2n) is 4.68. The van der Waals surface area contributed by atoms with Crippen LogP contribution >= 0.6 is 11.8 Å². The Morgan fingerprint density at radius 1 is 1.37 bits per heavy atom. The maximum absolute atomic E-state index is 11.9. The maximum Gasteiger partial charge on any atom is 0.242 e. The molecule has 1 rings (SSSR count). The summed E-state index contributed by atoms with van der Waals surface area (Å²) in [6.45, 7) is 2.04. The summed E-state index contributed by atoms with van der Waals surface area (Å²) in [4.78, 5) is 35.7. The predicted octanol–water partition coefficient (Wildman–Crippen LogP) is 0.989. The standard InChI is InChI=1S/C13H21NO4S/c1-10(16)5-3-2-4-6-14-12(17)9-11(13(14)18)19-8-7-15/h11,15H,2-9H2,1H3. The summed E-state index contributed by atoms with van der Waals surface area (Å²) in [5, 5.41) is 8.41. The number of ketones is 1. The van der Waals surface area contributed by atoms with E-state index in [2.05, 4.69) is 0 Å². The van der Waals surface area contributed by atoms with Crippen LogP contribution in [0.4, 0.5) is 0 Å². The fraction of sp³-hybridized carbons (Fsp3) is 0.769. The second kappa shape index (κ2) is 8.32. The van der Waals surface area contributed by atoms with Gasteiger partial charge < -0.3 is 9.90 Å². The molecule has 0 aromatic rings. The van der Waals surface area contributed by atoms with Crippen molar-refractivity contribution in [3.63, 3.8) is 0 Å². The summed E-state index contributed by atoms with van der Waals surface area (Å²) in [6, 6.07) is 0. The first-order valence-electron chi connectivity index (χ1n) is 6.62. The lowest BCUT2D eigenvalue weighted by molar-refractivity contribution is -0.138. The monoisotopic (exact) mass is 287 g/mol. The second-order valence-corrected chi connectivity index (χ2v) is 5.99. The van der Waals surface area contributed by atoms with E-state index < -0.39 is 0 Å². The van der Waals surface area contributed by atoms with Gasteiger partial charge in [-0.25, -0.2) is 0 Å². The fourth-order valence-corrected chi connectivity index (χ4v) is 2.95. The first-order chi connectivity index (χ1) is 9.06. The molecule has 1 unspecified atom stereocenters. The molecule has 0 radical (unpaired) electrons. The number of hydrogen-bond donors (Lipinski definition) is 1. The van der Waals surface area contributed by atoms with Crippen molar-refractivity contribution in [2.24, 2.45) is 0 Å². The van der Waals surface area contributed by atoms with E-state index in [0.29, 0.717) is 18.7 Å². The number of nitrogens with zero attached hydrogens (tertiary/aromatic N) is 1. The van der Waals surface area contributed by atoms with Crippen LogP contribution in [0.15, 0.2) is 0 Å². The average Bonchev–Trinajstić information content (AvgIpc) is 2.62. The van der Waals surface area contributed by atoms with E-state index in [1.807, 2.05) is 0 Å². The highest BCUT2D eigenvalue weighted by Crippen LogP contribution is 2.25. The first-order valence-corrected chi connectivity index (χ1v) is 7.67. The van der Waals surface area contributed by atoms with E-state index in [1.54, 1.807) is 6.92 Å². The van der Waals surface area contributed by atoms with Crippen molar-refractivity contribution in [1.29, 1.82) is 0 Å². The molecule has 1 saturated heterocycles. The quantitative estimate of drug-likeness (QED) is 0.505. The minimum atomic E-state index is -0.322. The molecule has 2 amide bonds. The molecule has 19 heavy (non-hydrogen) atoms. The third-order valence-corrected chi connectivity index (χ3v) is 4.21. The molecule has 0 bridgehead atoms. The van der Waals surface area contributed by atoms with Crippen molar-refractivity contribution in [2.75, 3.05) is 18.9 Å². The van der Waals surface area contributed by atoms with Crippen LogP contribution in [0, 0.1) is 0 Å². The van der Waals surface area contributed by atoms with Crippen LogP contribution in [0.1, 0.15) is 39.0 Å². The number of imide groups is 1. The molecule has 0 saturated carbocycles. The van der Waals surface area contributed by atoms with Crippen LogP contribution in [0.25, 0.3) is 0 Å². The van der Waals surface area contributed by atoms with E-state index in [1.165, 1.54) is 16.7 Å². The normalized spacial score (nSPS) is 19.3. The number of aliphatic hydroxyl groups is 1. The Hall–Kier alpha value is -0.880. The number of unbranched alkanes of at least 4 members (excludes halogenated alkanes) is 2. The number of carbonyl (C=O) groups is 3. The smallest absolute Gasteiger partial charge is 0.242 e. The maximum atomic E-state index is 11.9. The molecular weight excluding hydrogens is 266 g/mol. The summed E-state index contributed by atoms with van der Waals surface area (Å²) < 4.78 is 0. The number of amides is 2. The van der Waals surface area contributed by atoms with E-state index in [0.717, 1.165) is 19.3 Å². The third kappa shape index (κ3) is 5.32. The molecule has 1 heterocycles. The van der Waals surface area contributed by atoms with Crippen LogP contribution in [-0.4, -0.2) is 51.8 Å².